The van der Waals surface area contributed by atoms with Crippen LogP contribution in [0.2, 0.25) is 0 Å². The summed E-state index contributed by atoms with van der Waals surface area (Å²) in [4.78, 5) is 25.5. The van der Waals surface area contributed by atoms with Crippen LogP contribution in [0.5, 0.6) is 5.75 Å². The quantitative estimate of drug-likeness (QED) is 0.572. The van der Waals surface area contributed by atoms with E-state index in [1.54, 1.807) is 32.4 Å². The molecular formula is C21H17N3O3S. The molecule has 7 heteroatoms. The fourth-order valence-corrected chi connectivity index (χ4v) is 3.68. The standard InChI is InChI=1S/C21H17N3O3S/c1-24-21(26)15-7-4-3-6-14(15)19(23-24)13-9-10-17(27-2)16(12-13)22-20(25)18-8-5-11-28-18/h3-12H,1-2H3,(H,22,25). The first-order chi connectivity index (χ1) is 13.6. The number of carbonyl (C=O) groups is 1. The third-order valence-corrected chi connectivity index (χ3v) is 5.29. The molecular weight excluding hydrogens is 374 g/mol. The molecule has 4 aromatic rings. The van der Waals surface area contributed by atoms with Gasteiger partial charge in [0, 0.05) is 18.0 Å². The number of anilines is 1. The molecule has 0 radical (unpaired) electrons. The van der Waals surface area contributed by atoms with Crippen molar-refractivity contribution in [1.82, 2.24) is 9.78 Å². The highest BCUT2D eigenvalue weighted by molar-refractivity contribution is 7.12. The third kappa shape index (κ3) is 3.16. The van der Waals surface area contributed by atoms with Gasteiger partial charge in [0.25, 0.3) is 11.5 Å². The lowest BCUT2D eigenvalue weighted by Crippen LogP contribution is -2.20. The molecule has 0 saturated carbocycles. The van der Waals surface area contributed by atoms with Crippen molar-refractivity contribution in [2.75, 3.05) is 12.4 Å². The van der Waals surface area contributed by atoms with Crippen LogP contribution in [0.4, 0.5) is 5.69 Å². The van der Waals surface area contributed by atoms with Crippen molar-refractivity contribution in [3.8, 4) is 17.0 Å². The number of rotatable bonds is 4. The van der Waals surface area contributed by atoms with Crippen molar-refractivity contribution in [3.63, 3.8) is 0 Å². The zero-order valence-corrected chi connectivity index (χ0v) is 16.1. The Hall–Kier alpha value is -3.45. The Balaban J connectivity index is 1.84. The molecule has 0 aliphatic rings. The van der Waals surface area contributed by atoms with E-state index in [0.717, 1.165) is 10.9 Å². The molecule has 0 aliphatic carbocycles. The molecule has 0 aliphatic heterocycles. The Bertz CT molecular complexity index is 1230. The number of nitrogens with zero attached hydrogens (tertiary/aromatic N) is 2. The Morgan fingerprint density at radius 1 is 1.11 bits per heavy atom. The maximum atomic E-state index is 12.5. The molecule has 0 unspecified atom stereocenters. The third-order valence-electron chi connectivity index (χ3n) is 4.42. The second kappa shape index (κ2) is 7.28. The van der Waals surface area contributed by atoms with Crippen molar-refractivity contribution in [1.29, 1.82) is 0 Å². The number of nitrogens with one attached hydrogen (secondary N) is 1. The van der Waals surface area contributed by atoms with E-state index in [-0.39, 0.29) is 11.5 Å². The Morgan fingerprint density at radius 2 is 1.89 bits per heavy atom. The number of hydrogen-bond donors (Lipinski definition) is 1. The Morgan fingerprint density at radius 3 is 2.61 bits per heavy atom. The lowest BCUT2D eigenvalue weighted by molar-refractivity contribution is 0.103. The zero-order chi connectivity index (χ0) is 19.7. The van der Waals surface area contributed by atoms with Gasteiger partial charge in [-0.05, 0) is 35.7 Å². The van der Waals surface area contributed by atoms with Gasteiger partial charge < -0.3 is 10.1 Å². The SMILES string of the molecule is COc1ccc(-c2nn(C)c(=O)c3ccccc23)cc1NC(=O)c1cccs1. The van der Waals surface area contributed by atoms with Gasteiger partial charge in [0.05, 0.1) is 28.8 Å². The highest BCUT2D eigenvalue weighted by atomic mass is 32.1. The molecule has 28 heavy (non-hydrogen) atoms. The smallest absolute Gasteiger partial charge is 0.274 e. The molecule has 0 spiro atoms. The van der Waals surface area contributed by atoms with Crippen LogP contribution >= 0.6 is 11.3 Å². The summed E-state index contributed by atoms with van der Waals surface area (Å²) < 4.78 is 6.72. The van der Waals surface area contributed by atoms with Crippen molar-refractivity contribution < 1.29 is 9.53 Å². The molecule has 0 fully saturated rings. The first kappa shape index (κ1) is 17.9. The fourth-order valence-electron chi connectivity index (χ4n) is 3.06. The lowest BCUT2D eigenvalue weighted by atomic mass is 10.0. The van der Waals surface area contributed by atoms with E-state index in [1.165, 1.54) is 16.0 Å². The van der Waals surface area contributed by atoms with Gasteiger partial charge in [0.1, 0.15) is 5.75 Å². The van der Waals surface area contributed by atoms with Gasteiger partial charge in [-0.1, -0.05) is 24.3 Å². The minimum absolute atomic E-state index is 0.154. The average Bonchev–Trinajstić information content (AvgIpc) is 3.26. The number of benzene rings is 2. The summed E-state index contributed by atoms with van der Waals surface area (Å²) >= 11 is 1.37. The normalized spacial score (nSPS) is 10.8. The predicted octanol–water partition coefficient (Wildman–Crippen LogP) is 3.92. The van der Waals surface area contributed by atoms with Crippen LogP contribution in [0.1, 0.15) is 9.67 Å². The first-order valence-corrected chi connectivity index (χ1v) is 9.46. The van der Waals surface area contributed by atoms with Crippen molar-refractivity contribution >= 4 is 33.7 Å². The monoisotopic (exact) mass is 391 g/mol. The number of aromatic nitrogens is 2. The first-order valence-electron chi connectivity index (χ1n) is 8.58. The molecule has 1 N–H and O–H groups in total. The van der Waals surface area contributed by atoms with E-state index in [4.69, 9.17) is 4.74 Å². The van der Waals surface area contributed by atoms with Crippen LogP contribution in [0.25, 0.3) is 22.0 Å². The Kier molecular flexibility index (Phi) is 4.67. The number of amides is 1. The maximum Gasteiger partial charge on any atom is 0.274 e. The topological polar surface area (TPSA) is 73.2 Å². The molecule has 2 heterocycles. The minimum Gasteiger partial charge on any atom is -0.495 e. The van der Waals surface area contributed by atoms with E-state index in [0.29, 0.717) is 27.4 Å². The van der Waals surface area contributed by atoms with Gasteiger partial charge >= 0.3 is 0 Å². The highest BCUT2D eigenvalue weighted by Crippen LogP contribution is 2.32. The molecule has 2 aromatic carbocycles. The summed E-state index contributed by atoms with van der Waals surface area (Å²) in [5.41, 5.74) is 1.82. The summed E-state index contributed by atoms with van der Waals surface area (Å²) in [6.45, 7) is 0. The minimum atomic E-state index is -0.205. The number of ether oxygens (including phenoxy) is 1. The molecule has 0 bridgehead atoms. The van der Waals surface area contributed by atoms with Crippen LogP contribution in [-0.2, 0) is 7.05 Å². The fraction of sp³-hybridized carbons (Fsp3) is 0.0952. The number of hydrogen-bond acceptors (Lipinski definition) is 5. The molecule has 0 saturated heterocycles. The Labute approximate surface area is 165 Å². The van der Waals surface area contributed by atoms with Gasteiger partial charge in [-0.3, -0.25) is 9.59 Å². The maximum absolute atomic E-state index is 12.5. The lowest BCUT2D eigenvalue weighted by Gasteiger charge is -2.13. The summed E-state index contributed by atoms with van der Waals surface area (Å²) in [7, 11) is 3.18. The van der Waals surface area contributed by atoms with Crippen molar-refractivity contribution in [2.24, 2.45) is 7.05 Å². The van der Waals surface area contributed by atoms with Crippen LogP contribution in [-0.4, -0.2) is 22.8 Å². The van der Waals surface area contributed by atoms with E-state index < -0.39 is 0 Å². The molecule has 2 aromatic heterocycles. The van der Waals surface area contributed by atoms with E-state index in [9.17, 15) is 9.59 Å². The second-order valence-electron chi connectivity index (χ2n) is 6.17. The van der Waals surface area contributed by atoms with Crippen LogP contribution in [0, 0.1) is 0 Å². The number of thiophene rings is 1. The van der Waals surface area contributed by atoms with Crippen LogP contribution in [0.3, 0.4) is 0 Å². The molecule has 1 amide bonds. The van der Waals surface area contributed by atoms with E-state index >= 15 is 0 Å². The molecule has 140 valence electrons. The number of carbonyl (C=O) groups excluding carboxylic acids is 1. The van der Waals surface area contributed by atoms with Crippen molar-refractivity contribution in [3.05, 3.63) is 75.2 Å². The van der Waals surface area contributed by atoms with Crippen molar-refractivity contribution in [2.45, 2.75) is 0 Å². The molecule has 0 atom stereocenters. The van der Waals surface area contributed by atoms with Gasteiger partial charge in [-0.15, -0.1) is 11.3 Å². The molecule has 6 nitrogen and oxygen atoms in total. The van der Waals surface area contributed by atoms with Gasteiger partial charge in [0.2, 0.25) is 0 Å². The number of methoxy groups -OCH3 is 1. The summed E-state index contributed by atoms with van der Waals surface area (Å²) in [5.74, 6) is 0.339. The average molecular weight is 391 g/mol. The van der Waals surface area contributed by atoms with E-state index in [2.05, 4.69) is 10.4 Å². The summed E-state index contributed by atoms with van der Waals surface area (Å²) in [6, 6.07) is 16.4. The summed E-state index contributed by atoms with van der Waals surface area (Å²) in [5, 5.41) is 10.5. The zero-order valence-electron chi connectivity index (χ0n) is 15.3. The predicted molar refractivity (Wildman–Crippen MR) is 111 cm³/mol. The van der Waals surface area contributed by atoms with Crippen LogP contribution < -0.4 is 15.6 Å². The van der Waals surface area contributed by atoms with E-state index in [1.807, 2.05) is 41.8 Å². The van der Waals surface area contributed by atoms with Gasteiger partial charge in [0.15, 0.2) is 0 Å². The largest absolute Gasteiger partial charge is 0.495 e. The highest BCUT2D eigenvalue weighted by Gasteiger charge is 2.15. The second-order valence-corrected chi connectivity index (χ2v) is 7.12. The van der Waals surface area contributed by atoms with Crippen LogP contribution in [0.15, 0.2) is 64.8 Å². The van der Waals surface area contributed by atoms with Gasteiger partial charge in [-0.25, -0.2) is 4.68 Å². The summed E-state index contributed by atoms with van der Waals surface area (Å²) in [6.07, 6.45) is 0. The number of aryl methyl sites for hydroxylation is 1. The number of fused-ring (bicyclic) bond motifs is 1. The van der Waals surface area contributed by atoms with Gasteiger partial charge in [-0.2, -0.15) is 5.10 Å². The molecule has 4 rings (SSSR count).